The number of ether oxygens (including phenoxy) is 2. The van der Waals surface area contributed by atoms with Crippen molar-refractivity contribution in [3.63, 3.8) is 0 Å². The lowest BCUT2D eigenvalue weighted by atomic mass is 10.1. The highest BCUT2D eigenvalue weighted by molar-refractivity contribution is 5.76. The number of halogens is 3. The summed E-state index contributed by atoms with van der Waals surface area (Å²) in [5.74, 6) is -0.217. The highest BCUT2D eigenvalue weighted by Gasteiger charge is 2.46. The number of aromatic nitrogens is 4. The van der Waals surface area contributed by atoms with Gasteiger partial charge >= 0.3 is 6.18 Å². The molecule has 2 fully saturated rings. The smallest absolute Gasteiger partial charge is 0.373 e. The largest absolute Gasteiger partial charge is 0.414 e. The molecule has 4 heterocycles. The first-order chi connectivity index (χ1) is 14.8. The van der Waals surface area contributed by atoms with Crippen molar-refractivity contribution in [1.29, 1.82) is 0 Å². The van der Waals surface area contributed by atoms with Crippen molar-refractivity contribution in [3.8, 4) is 11.3 Å². The zero-order chi connectivity index (χ0) is 22.0. The minimum atomic E-state index is -4.38. The molecule has 2 aromatic heterocycles. The van der Waals surface area contributed by atoms with Gasteiger partial charge in [0, 0.05) is 30.5 Å². The van der Waals surface area contributed by atoms with Gasteiger partial charge in [-0.15, -0.1) is 5.10 Å². The Hall–Kier alpha value is -2.53. The van der Waals surface area contributed by atoms with Crippen molar-refractivity contribution < 1.29 is 27.4 Å². The summed E-state index contributed by atoms with van der Waals surface area (Å²) in [5, 5.41) is 8.28. The van der Waals surface area contributed by atoms with E-state index in [0.717, 1.165) is 11.3 Å². The van der Waals surface area contributed by atoms with E-state index in [1.54, 1.807) is 22.0 Å². The van der Waals surface area contributed by atoms with Crippen LogP contribution in [0.3, 0.4) is 0 Å². The number of carbonyl (C=O) groups excluding carboxylic acids is 1. The van der Waals surface area contributed by atoms with Crippen LogP contribution in [0.4, 0.5) is 13.2 Å². The molecule has 0 aromatic carbocycles. The van der Waals surface area contributed by atoms with Crippen LogP contribution in [0.15, 0.2) is 24.5 Å². The van der Waals surface area contributed by atoms with E-state index in [1.807, 2.05) is 19.1 Å². The number of alkyl halides is 3. The van der Waals surface area contributed by atoms with Gasteiger partial charge in [-0.3, -0.25) is 9.78 Å². The maximum Gasteiger partial charge on any atom is 0.414 e. The van der Waals surface area contributed by atoms with Gasteiger partial charge in [-0.25, -0.2) is 4.68 Å². The fourth-order valence-corrected chi connectivity index (χ4v) is 3.82. The molecule has 0 saturated carbocycles. The number of carbonyl (C=O) groups is 1. The van der Waals surface area contributed by atoms with E-state index in [0.29, 0.717) is 31.9 Å². The predicted molar refractivity (Wildman–Crippen MR) is 103 cm³/mol. The molecule has 3 atom stereocenters. The van der Waals surface area contributed by atoms with Crippen molar-refractivity contribution in [2.45, 2.75) is 57.2 Å². The van der Waals surface area contributed by atoms with Gasteiger partial charge < -0.3 is 14.4 Å². The lowest BCUT2D eigenvalue weighted by molar-refractivity contribution is -0.215. The first-order valence-corrected chi connectivity index (χ1v) is 10.2. The molecule has 2 aliphatic rings. The molecule has 4 rings (SSSR count). The first-order valence-electron chi connectivity index (χ1n) is 10.2. The molecule has 31 heavy (non-hydrogen) atoms. The van der Waals surface area contributed by atoms with Gasteiger partial charge in [0.05, 0.1) is 38.0 Å². The Morgan fingerprint density at radius 2 is 2.10 bits per heavy atom. The minimum absolute atomic E-state index is 0.0484. The zero-order valence-corrected chi connectivity index (χ0v) is 17.1. The molecule has 0 N–H and O–H groups in total. The molecule has 0 spiro atoms. The fourth-order valence-electron chi connectivity index (χ4n) is 3.82. The number of hydrogen-bond acceptors (Lipinski definition) is 6. The van der Waals surface area contributed by atoms with Gasteiger partial charge in [-0.1, -0.05) is 5.21 Å². The van der Waals surface area contributed by atoms with Crippen LogP contribution in [0.5, 0.6) is 0 Å². The molecule has 2 aromatic rings. The number of nitrogens with zero attached hydrogens (tertiary/aromatic N) is 5. The van der Waals surface area contributed by atoms with Crippen LogP contribution in [0.25, 0.3) is 11.3 Å². The van der Waals surface area contributed by atoms with E-state index in [-0.39, 0.29) is 31.3 Å². The van der Waals surface area contributed by atoms with Gasteiger partial charge in [-0.05, 0) is 31.9 Å². The number of rotatable bonds is 5. The van der Waals surface area contributed by atoms with E-state index < -0.39 is 18.4 Å². The van der Waals surface area contributed by atoms with Crippen molar-refractivity contribution in [1.82, 2.24) is 24.9 Å². The molecule has 11 heteroatoms. The van der Waals surface area contributed by atoms with Crippen LogP contribution in [-0.4, -0.2) is 75.0 Å². The van der Waals surface area contributed by atoms with Crippen LogP contribution in [-0.2, 0) is 20.8 Å². The predicted octanol–water partition coefficient (Wildman–Crippen LogP) is 2.38. The Bertz CT molecular complexity index is 902. The number of pyridine rings is 1. The van der Waals surface area contributed by atoms with Gasteiger partial charge in [-0.2, -0.15) is 13.2 Å². The standard InChI is InChI=1S/C20H24F3N5O3/c1-13-2-3-14(9-24-13)17-12-28(26-25-17)11-16-10-27(6-7-30-16)19(29)8-15-4-5-18(31-15)20(21,22)23/h2-3,9,12,15-16,18H,4-8,10-11H2,1H3. The molecular weight excluding hydrogens is 415 g/mol. The maximum absolute atomic E-state index is 12.8. The van der Waals surface area contributed by atoms with Crippen LogP contribution in [0, 0.1) is 6.92 Å². The van der Waals surface area contributed by atoms with Gasteiger partial charge in [0.25, 0.3) is 0 Å². The summed E-state index contributed by atoms with van der Waals surface area (Å²) in [4.78, 5) is 18.5. The minimum Gasteiger partial charge on any atom is -0.373 e. The van der Waals surface area contributed by atoms with Crippen molar-refractivity contribution in [2.24, 2.45) is 0 Å². The van der Waals surface area contributed by atoms with Crippen LogP contribution in [0.2, 0.25) is 0 Å². The molecule has 1 amide bonds. The van der Waals surface area contributed by atoms with Crippen LogP contribution < -0.4 is 0 Å². The summed E-state index contributed by atoms with van der Waals surface area (Å²) in [6.07, 6.45) is -3.52. The number of morpholine rings is 1. The average molecular weight is 439 g/mol. The van der Waals surface area contributed by atoms with Gasteiger partial charge in [0.1, 0.15) is 5.69 Å². The monoisotopic (exact) mass is 439 g/mol. The molecule has 8 nitrogen and oxygen atoms in total. The summed E-state index contributed by atoms with van der Waals surface area (Å²) in [6.45, 7) is 3.42. The van der Waals surface area contributed by atoms with E-state index >= 15 is 0 Å². The second-order valence-electron chi connectivity index (χ2n) is 7.92. The molecule has 168 valence electrons. The molecule has 3 unspecified atom stereocenters. The van der Waals surface area contributed by atoms with Crippen LogP contribution >= 0.6 is 0 Å². The highest BCUT2D eigenvalue weighted by Crippen LogP contribution is 2.34. The Kier molecular flexibility index (Phi) is 6.24. The second-order valence-corrected chi connectivity index (χ2v) is 7.92. The molecule has 2 aliphatic heterocycles. The van der Waals surface area contributed by atoms with Crippen molar-refractivity contribution in [2.75, 3.05) is 19.7 Å². The summed E-state index contributed by atoms with van der Waals surface area (Å²) >= 11 is 0. The van der Waals surface area contributed by atoms with E-state index in [9.17, 15) is 18.0 Å². The molecule has 0 radical (unpaired) electrons. The summed E-state index contributed by atoms with van der Waals surface area (Å²) in [5.41, 5.74) is 2.45. The zero-order valence-electron chi connectivity index (χ0n) is 17.1. The lowest BCUT2D eigenvalue weighted by Crippen LogP contribution is -2.47. The third-order valence-corrected chi connectivity index (χ3v) is 5.50. The molecule has 0 bridgehead atoms. The van der Waals surface area contributed by atoms with Crippen molar-refractivity contribution >= 4 is 5.91 Å². The molecular formula is C20H24F3N5O3. The number of hydrogen-bond donors (Lipinski definition) is 0. The quantitative estimate of drug-likeness (QED) is 0.712. The van der Waals surface area contributed by atoms with E-state index in [1.165, 1.54) is 0 Å². The van der Waals surface area contributed by atoms with E-state index in [2.05, 4.69) is 15.3 Å². The molecule has 0 aliphatic carbocycles. The highest BCUT2D eigenvalue weighted by atomic mass is 19.4. The van der Waals surface area contributed by atoms with Crippen LogP contribution in [0.1, 0.15) is 25.0 Å². The van der Waals surface area contributed by atoms with Gasteiger partial charge in [0.15, 0.2) is 6.10 Å². The number of aryl methyl sites for hydroxylation is 1. The van der Waals surface area contributed by atoms with Crippen molar-refractivity contribution in [3.05, 3.63) is 30.2 Å². The third kappa shape index (κ3) is 5.40. The lowest BCUT2D eigenvalue weighted by Gasteiger charge is -2.33. The second kappa shape index (κ2) is 8.91. The van der Waals surface area contributed by atoms with Gasteiger partial charge in [0.2, 0.25) is 5.91 Å². The summed E-state index contributed by atoms with van der Waals surface area (Å²) in [7, 11) is 0. The number of amides is 1. The maximum atomic E-state index is 12.8. The normalized spacial score (nSPS) is 24.5. The Balaban J connectivity index is 1.30. The summed E-state index contributed by atoms with van der Waals surface area (Å²) < 4.78 is 50.7. The summed E-state index contributed by atoms with van der Waals surface area (Å²) in [6, 6.07) is 3.82. The Morgan fingerprint density at radius 3 is 2.81 bits per heavy atom. The Morgan fingerprint density at radius 1 is 1.26 bits per heavy atom. The average Bonchev–Trinajstić information content (AvgIpc) is 3.38. The van der Waals surface area contributed by atoms with E-state index in [4.69, 9.17) is 9.47 Å². The third-order valence-electron chi connectivity index (χ3n) is 5.50. The SMILES string of the molecule is Cc1ccc(-c2cn(CC3CN(C(=O)CC4CCC(C(F)(F)F)O4)CCO3)nn2)cn1. The molecule has 2 saturated heterocycles. The fraction of sp³-hybridized carbons (Fsp3) is 0.600. The Labute approximate surface area is 177 Å². The topological polar surface area (TPSA) is 82.4 Å². The first kappa shape index (κ1) is 21.7.